The van der Waals surface area contributed by atoms with Gasteiger partial charge in [-0.15, -0.1) is 0 Å². The molecule has 6 rings (SSSR count). The summed E-state index contributed by atoms with van der Waals surface area (Å²) < 4.78 is 6.10. The average Bonchev–Trinajstić information content (AvgIpc) is 2.81. The number of ether oxygens (including phenoxy) is 1. The molecule has 0 saturated heterocycles. The Hall–Kier alpha value is -3.60. The zero-order valence-electron chi connectivity index (χ0n) is 16.9. The number of hydrogen-bond donors (Lipinski definition) is 1. The third-order valence-corrected chi connectivity index (χ3v) is 6.74. The summed E-state index contributed by atoms with van der Waals surface area (Å²) in [5.41, 5.74) is 2.14. The molecule has 33 heavy (non-hydrogen) atoms. The first kappa shape index (κ1) is 20.0. The average molecular weight is 473 g/mol. The number of aromatic hydroxyl groups is 1. The molecule has 4 nitrogen and oxygen atoms in total. The van der Waals surface area contributed by atoms with Crippen molar-refractivity contribution in [3.63, 3.8) is 0 Å². The molecule has 2 aliphatic rings. The molecule has 6 heteroatoms. The van der Waals surface area contributed by atoms with Crippen molar-refractivity contribution in [2.45, 2.75) is 5.92 Å². The number of phenols is 1. The van der Waals surface area contributed by atoms with Crippen LogP contribution in [0, 0.1) is 0 Å². The largest absolute Gasteiger partial charge is 0.508 e. The number of carbonyl (C=O) groups is 2. The maximum Gasteiger partial charge on any atom is 0.229 e. The number of benzene rings is 4. The van der Waals surface area contributed by atoms with Gasteiger partial charge in [0.1, 0.15) is 11.5 Å². The number of halogens is 2. The van der Waals surface area contributed by atoms with Gasteiger partial charge in [-0.05, 0) is 46.7 Å². The van der Waals surface area contributed by atoms with E-state index in [1.165, 1.54) is 0 Å². The molecule has 0 aromatic heterocycles. The Morgan fingerprint density at radius 3 is 2.30 bits per heavy atom. The van der Waals surface area contributed by atoms with Crippen molar-refractivity contribution in [3.05, 3.63) is 116 Å². The highest BCUT2D eigenvalue weighted by Crippen LogP contribution is 2.51. The zero-order valence-corrected chi connectivity index (χ0v) is 18.4. The van der Waals surface area contributed by atoms with Crippen LogP contribution in [0.15, 0.2) is 84.1 Å². The topological polar surface area (TPSA) is 63.6 Å². The molecule has 0 amide bonds. The van der Waals surface area contributed by atoms with E-state index in [1.807, 2.05) is 6.07 Å². The van der Waals surface area contributed by atoms with Crippen molar-refractivity contribution in [2.24, 2.45) is 0 Å². The molecule has 1 aliphatic heterocycles. The quantitative estimate of drug-likeness (QED) is 0.334. The van der Waals surface area contributed by atoms with E-state index in [2.05, 4.69) is 0 Å². The molecule has 0 radical (unpaired) electrons. The van der Waals surface area contributed by atoms with Crippen LogP contribution in [0.1, 0.15) is 37.8 Å². The molecule has 1 N–H and O–H groups in total. The summed E-state index contributed by atoms with van der Waals surface area (Å²) in [7, 11) is 0. The molecular formula is C27H14Cl2O4. The van der Waals surface area contributed by atoms with Gasteiger partial charge >= 0.3 is 0 Å². The minimum Gasteiger partial charge on any atom is -0.508 e. The molecule has 1 atom stereocenters. The molecule has 0 fully saturated rings. The molecule has 0 spiro atoms. The summed E-state index contributed by atoms with van der Waals surface area (Å²) in [4.78, 5) is 27.2. The van der Waals surface area contributed by atoms with E-state index in [-0.39, 0.29) is 28.6 Å². The van der Waals surface area contributed by atoms with Gasteiger partial charge < -0.3 is 9.84 Å². The molecule has 1 unspecified atom stereocenters. The Morgan fingerprint density at radius 2 is 1.55 bits per heavy atom. The van der Waals surface area contributed by atoms with Crippen LogP contribution in [-0.4, -0.2) is 16.7 Å². The van der Waals surface area contributed by atoms with Crippen molar-refractivity contribution >= 4 is 45.5 Å². The number of allylic oxidation sites excluding steroid dienone is 2. The van der Waals surface area contributed by atoms with Crippen LogP contribution in [0.4, 0.5) is 0 Å². The summed E-state index contributed by atoms with van der Waals surface area (Å²) in [5, 5.41) is 12.6. The highest BCUT2D eigenvalue weighted by molar-refractivity contribution is 6.35. The summed E-state index contributed by atoms with van der Waals surface area (Å²) in [6.07, 6.45) is 0. The van der Waals surface area contributed by atoms with Gasteiger partial charge in [0, 0.05) is 32.7 Å². The number of fused-ring (bicyclic) bond motifs is 4. The van der Waals surface area contributed by atoms with Crippen LogP contribution < -0.4 is 4.74 Å². The van der Waals surface area contributed by atoms with Crippen molar-refractivity contribution in [1.29, 1.82) is 0 Å². The number of hydrogen-bond acceptors (Lipinski definition) is 4. The van der Waals surface area contributed by atoms with Gasteiger partial charge in [-0.1, -0.05) is 65.7 Å². The van der Waals surface area contributed by atoms with E-state index in [9.17, 15) is 14.7 Å². The summed E-state index contributed by atoms with van der Waals surface area (Å²) in [6, 6.07) is 20.4. The van der Waals surface area contributed by atoms with Crippen molar-refractivity contribution in [1.82, 2.24) is 0 Å². The Bertz CT molecular complexity index is 1570. The Labute approximate surface area is 198 Å². The summed E-state index contributed by atoms with van der Waals surface area (Å²) in [6.45, 7) is 0. The molecule has 1 aliphatic carbocycles. The lowest BCUT2D eigenvalue weighted by molar-refractivity contribution is 0.0927. The first-order valence-corrected chi connectivity index (χ1v) is 11.0. The van der Waals surface area contributed by atoms with Crippen LogP contribution >= 0.6 is 23.2 Å². The molecule has 160 valence electrons. The lowest BCUT2D eigenvalue weighted by atomic mass is 9.74. The number of phenolic OH excluding ortho intramolecular Hbond substituents is 1. The highest BCUT2D eigenvalue weighted by Gasteiger charge is 2.43. The van der Waals surface area contributed by atoms with E-state index < -0.39 is 5.92 Å². The molecule has 4 aromatic rings. The van der Waals surface area contributed by atoms with Crippen LogP contribution in [0.3, 0.4) is 0 Å². The zero-order chi connectivity index (χ0) is 22.9. The third kappa shape index (κ3) is 2.92. The first-order chi connectivity index (χ1) is 15.9. The first-order valence-electron chi connectivity index (χ1n) is 10.2. The van der Waals surface area contributed by atoms with Gasteiger partial charge in [0.05, 0.1) is 5.57 Å². The minimum atomic E-state index is -0.691. The fourth-order valence-corrected chi connectivity index (χ4v) is 5.25. The van der Waals surface area contributed by atoms with E-state index in [4.69, 9.17) is 27.9 Å². The van der Waals surface area contributed by atoms with Gasteiger partial charge in [0.2, 0.25) is 5.78 Å². The Kier molecular flexibility index (Phi) is 4.37. The van der Waals surface area contributed by atoms with Crippen LogP contribution in [-0.2, 0) is 0 Å². The lowest BCUT2D eigenvalue weighted by Crippen LogP contribution is -2.31. The SMILES string of the molecule is O=C1C2=C(C(=O)c3ccccc31)C(c1ccc(Cl)cc1Cl)c1c(ccc3ccc(O)cc13)O2. The summed E-state index contributed by atoms with van der Waals surface area (Å²) >= 11 is 12.8. The molecule has 1 heterocycles. The Balaban J connectivity index is 1.72. The predicted molar refractivity (Wildman–Crippen MR) is 127 cm³/mol. The van der Waals surface area contributed by atoms with E-state index in [0.717, 1.165) is 5.39 Å². The Morgan fingerprint density at radius 1 is 0.818 bits per heavy atom. The molecule has 4 aromatic carbocycles. The second kappa shape index (κ2) is 7.20. The van der Waals surface area contributed by atoms with Gasteiger partial charge in [0.25, 0.3) is 0 Å². The van der Waals surface area contributed by atoms with E-state index >= 15 is 0 Å². The number of carbonyl (C=O) groups excluding carboxylic acids is 2. The summed E-state index contributed by atoms with van der Waals surface area (Å²) in [5.74, 6) is -0.821. The predicted octanol–water partition coefficient (Wildman–Crippen LogP) is 6.71. The van der Waals surface area contributed by atoms with Gasteiger partial charge in [-0.2, -0.15) is 0 Å². The van der Waals surface area contributed by atoms with E-state index in [1.54, 1.807) is 66.7 Å². The van der Waals surface area contributed by atoms with E-state index in [0.29, 0.717) is 43.4 Å². The van der Waals surface area contributed by atoms with Gasteiger partial charge in [-0.25, -0.2) is 0 Å². The van der Waals surface area contributed by atoms with Crippen molar-refractivity contribution < 1.29 is 19.4 Å². The minimum absolute atomic E-state index is 0.00159. The van der Waals surface area contributed by atoms with Gasteiger partial charge in [-0.3, -0.25) is 9.59 Å². The highest BCUT2D eigenvalue weighted by atomic mass is 35.5. The third-order valence-electron chi connectivity index (χ3n) is 6.18. The van der Waals surface area contributed by atoms with Crippen LogP contribution in [0.2, 0.25) is 10.0 Å². The fourth-order valence-electron chi connectivity index (χ4n) is 4.73. The van der Waals surface area contributed by atoms with Crippen molar-refractivity contribution in [2.75, 3.05) is 0 Å². The second-order valence-electron chi connectivity index (χ2n) is 8.03. The molecule has 0 bridgehead atoms. The fraction of sp³-hybridized carbons (Fsp3) is 0.0370. The maximum atomic E-state index is 13.8. The van der Waals surface area contributed by atoms with Crippen molar-refractivity contribution in [3.8, 4) is 11.5 Å². The number of Topliss-reactive ketones (excluding diaryl/α,β-unsaturated/α-hetero) is 2. The standard InChI is InChI=1S/C27H14Cl2O4/c28-14-7-9-18(20(29)11-14)23-22-19-12-15(30)8-5-13(19)6-10-21(22)33-27-24(23)25(31)16-3-1-2-4-17(16)26(27)32/h1-12,23,30H. The normalized spacial score (nSPS) is 16.8. The maximum absolute atomic E-state index is 13.8. The smallest absolute Gasteiger partial charge is 0.229 e. The monoisotopic (exact) mass is 472 g/mol. The second-order valence-corrected chi connectivity index (χ2v) is 8.87. The number of rotatable bonds is 1. The number of ketones is 2. The van der Waals surface area contributed by atoms with Gasteiger partial charge in [0.15, 0.2) is 11.5 Å². The molecular weight excluding hydrogens is 459 g/mol. The van der Waals surface area contributed by atoms with Crippen LogP contribution in [0.5, 0.6) is 11.5 Å². The van der Waals surface area contributed by atoms with Crippen LogP contribution in [0.25, 0.3) is 10.8 Å². The molecule has 0 saturated carbocycles. The lowest BCUT2D eigenvalue weighted by Gasteiger charge is -2.34.